The van der Waals surface area contributed by atoms with E-state index in [0.29, 0.717) is 5.41 Å². The van der Waals surface area contributed by atoms with Crippen molar-refractivity contribution in [3.63, 3.8) is 0 Å². The molecule has 2 heteroatoms. The van der Waals surface area contributed by atoms with Gasteiger partial charge in [0.15, 0.2) is 0 Å². The van der Waals surface area contributed by atoms with E-state index in [4.69, 9.17) is 5.73 Å². The van der Waals surface area contributed by atoms with Gasteiger partial charge in [0.05, 0.1) is 11.9 Å². The van der Waals surface area contributed by atoms with Gasteiger partial charge in [0.25, 0.3) is 0 Å². The molecule has 0 fully saturated rings. The average molecular weight is 178 g/mol. The number of hydrogen-bond acceptors (Lipinski definition) is 2. The molecule has 0 unspecified atom stereocenters. The molecule has 0 bridgehead atoms. The van der Waals surface area contributed by atoms with Gasteiger partial charge in [-0.3, -0.25) is 4.98 Å². The summed E-state index contributed by atoms with van der Waals surface area (Å²) in [5.74, 6) is 0. The van der Waals surface area contributed by atoms with Crippen molar-refractivity contribution in [2.45, 2.75) is 33.6 Å². The van der Waals surface area contributed by atoms with Crippen LogP contribution in [0.2, 0.25) is 0 Å². The normalized spacial score (nSPS) is 11.6. The van der Waals surface area contributed by atoms with E-state index >= 15 is 0 Å². The van der Waals surface area contributed by atoms with Gasteiger partial charge in [-0.25, -0.2) is 0 Å². The largest absolute Gasteiger partial charge is 0.397 e. The number of nitrogen functional groups attached to an aromatic ring is 1. The Morgan fingerprint density at radius 3 is 2.46 bits per heavy atom. The zero-order valence-electron chi connectivity index (χ0n) is 8.67. The van der Waals surface area contributed by atoms with Gasteiger partial charge < -0.3 is 5.73 Å². The Hall–Kier alpha value is -1.05. The summed E-state index contributed by atoms with van der Waals surface area (Å²) in [5.41, 5.74) is 7.79. The lowest BCUT2D eigenvalue weighted by atomic mass is 9.90. The highest BCUT2D eigenvalue weighted by Gasteiger charge is 2.09. The van der Waals surface area contributed by atoms with E-state index < -0.39 is 0 Å². The average Bonchev–Trinajstić information content (AvgIpc) is 2.02. The summed E-state index contributed by atoms with van der Waals surface area (Å²) in [6.45, 7) is 6.72. The fourth-order valence-electron chi connectivity index (χ4n) is 1.09. The van der Waals surface area contributed by atoms with Crippen LogP contribution in [-0.2, 0) is 6.42 Å². The number of hydrogen-bond donors (Lipinski definition) is 1. The second-order valence-electron chi connectivity index (χ2n) is 4.64. The van der Waals surface area contributed by atoms with Crippen LogP contribution in [0.15, 0.2) is 18.3 Å². The van der Waals surface area contributed by atoms with Gasteiger partial charge in [0.1, 0.15) is 0 Å². The minimum atomic E-state index is 0.378. The van der Waals surface area contributed by atoms with Gasteiger partial charge in [-0.05, 0) is 30.4 Å². The van der Waals surface area contributed by atoms with E-state index in [2.05, 4.69) is 25.8 Å². The smallest absolute Gasteiger partial charge is 0.0501 e. The Labute approximate surface area is 80.2 Å². The van der Waals surface area contributed by atoms with Crippen molar-refractivity contribution < 1.29 is 0 Å². The van der Waals surface area contributed by atoms with Crippen LogP contribution in [0.4, 0.5) is 5.69 Å². The molecule has 0 atom stereocenters. The summed E-state index contributed by atoms with van der Waals surface area (Å²) in [6.07, 6.45) is 3.91. The number of anilines is 1. The monoisotopic (exact) mass is 178 g/mol. The first-order valence-electron chi connectivity index (χ1n) is 4.68. The van der Waals surface area contributed by atoms with Crippen LogP contribution >= 0.6 is 0 Å². The predicted octanol–water partition coefficient (Wildman–Crippen LogP) is 2.64. The number of aromatic nitrogens is 1. The van der Waals surface area contributed by atoms with Crippen LogP contribution in [0.5, 0.6) is 0 Å². The molecule has 0 saturated carbocycles. The van der Waals surface area contributed by atoms with E-state index in [9.17, 15) is 0 Å². The van der Waals surface area contributed by atoms with Crippen LogP contribution in [0.25, 0.3) is 0 Å². The summed E-state index contributed by atoms with van der Waals surface area (Å²) >= 11 is 0. The van der Waals surface area contributed by atoms with E-state index in [-0.39, 0.29) is 0 Å². The standard InChI is InChI=1S/C11H18N2/c1-11(2,3)7-6-10-5-4-9(12)8-13-10/h4-5,8H,6-7,12H2,1-3H3. The Morgan fingerprint density at radius 1 is 1.31 bits per heavy atom. The minimum absolute atomic E-state index is 0.378. The van der Waals surface area contributed by atoms with Gasteiger partial charge in [-0.15, -0.1) is 0 Å². The summed E-state index contributed by atoms with van der Waals surface area (Å²) in [6, 6.07) is 3.91. The molecule has 2 nitrogen and oxygen atoms in total. The van der Waals surface area contributed by atoms with Crippen molar-refractivity contribution in [1.29, 1.82) is 0 Å². The topological polar surface area (TPSA) is 38.9 Å². The lowest BCUT2D eigenvalue weighted by Crippen LogP contribution is -2.07. The van der Waals surface area contributed by atoms with Crippen LogP contribution < -0.4 is 5.73 Å². The number of pyridine rings is 1. The molecule has 0 aliphatic carbocycles. The Bertz CT molecular complexity index is 256. The van der Waals surface area contributed by atoms with Crippen LogP contribution in [0, 0.1) is 5.41 Å². The van der Waals surface area contributed by atoms with Gasteiger partial charge in [0, 0.05) is 5.69 Å². The van der Waals surface area contributed by atoms with Crippen molar-refractivity contribution in [2.24, 2.45) is 5.41 Å². The van der Waals surface area contributed by atoms with Gasteiger partial charge in [-0.2, -0.15) is 0 Å². The SMILES string of the molecule is CC(C)(C)CCc1ccc(N)cn1. The predicted molar refractivity (Wildman–Crippen MR) is 56.4 cm³/mol. The molecular formula is C11H18N2. The summed E-state index contributed by atoms with van der Waals surface area (Å²) in [7, 11) is 0. The fraction of sp³-hybridized carbons (Fsp3) is 0.545. The molecule has 1 aromatic heterocycles. The second-order valence-corrected chi connectivity index (χ2v) is 4.64. The van der Waals surface area contributed by atoms with Crippen LogP contribution in [0.1, 0.15) is 32.9 Å². The Morgan fingerprint density at radius 2 is 2.00 bits per heavy atom. The van der Waals surface area contributed by atoms with Crippen molar-refractivity contribution in [1.82, 2.24) is 4.98 Å². The summed E-state index contributed by atoms with van der Waals surface area (Å²) in [5, 5.41) is 0. The second kappa shape index (κ2) is 3.77. The third-order valence-corrected chi connectivity index (χ3v) is 1.98. The highest BCUT2D eigenvalue weighted by Crippen LogP contribution is 2.20. The third-order valence-electron chi connectivity index (χ3n) is 1.98. The first-order chi connectivity index (χ1) is 5.97. The van der Waals surface area contributed by atoms with Crippen molar-refractivity contribution >= 4 is 5.69 Å². The van der Waals surface area contributed by atoms with Crippen LogP contribution in [-0.4, -0.2) is 4.98 Å². The number of nitrogens with two attached hydrogens (primary N) is 1. The van der Waals surface area contributed by atoms with E-state index in [1.807, 2.05) is 12.1 Å². The molecule has 1 rings (SSSR count). The van der Waals surface area contributed by atoms with Crippen molar-refractivity contribution in [3.8, 4) is 0 Å². The summed E-state index contributed by atoms with van der Waals surface area (Å²) in [4.78, 5) is 4.26. The molecule has 0 spiro atoms. The lowest BCUT2D eigenvalue weighted by molar-refractivity contribution is 0.376. The third kappa shape index (κ3) is 3.92. The number of aryl methyl sites for hydroxylation is 1. The molecule has 2 N–H and O–H groups in total. The highest BCUT2D eigenvalue weighted by molar-refractivity contribution is 5.34. The Balaban J connectivity index is 2.51. The number of nitrogens with zero attached hydrogens (tertiary/aromatic N) is 1. The zero-order chi connectivity index (χ0) is 9.90. The quantitative estimate of drug-likeness (QED) is 0.756. The van der Waals surface area contributed by atoms with E-state index in [0.717, 1.165) is 24.2 Å². The lowest BCUT2D eigenvalue weighted by Gasteiger charge is -2.17. The molecule has 13 heavy (non-hydrogen) atoms. The molecule has 72 valence electrons. The number of rotatable bonds is 2. The fourth-order valence-corrected chi connectivity index (χ4v) is 1.09. The first-order valence-corrected chi connectivity index (χ1v) is 4.68. The van der Waals surface area contributed by atoms with E-state index in [1.165, 1.54) is 0 Å². The molecule has 0 aromatic carbocycles. The van der Waals surface area contributed by atoms with Crippen molar-refractivity contribution in [2.75, 3.05) is 5.73 Å². The van der Waals surface area contributed by atoms with Gasteiger partial charge in [-0.1, -0.05) is 20.8 Å². The molecule has 0 aliphatic heterocycles. The van der Waals surface area contributed by atoms with Crippen LogP contribution in [0.3, 0.4) is 0 Å². The first kappa shape index (κ1) is 10.0. The maximum Gasteiger partial charge on any atom is 0.0501 e. The molecule has 0 radical (unpaired) electrons. The maximum absolute atomic E-state index is 5.55. The zero-order valence-corrected chi connectivity index (χ0v) is 8.67. The van der Waals surface area contributed by atoms with E-state index in [1.54, 1.807) is 6.20 Å². The highest BCUT2D eigenvalue weighted by atomic mass is 14.7. The van der Waals surface area contributed by atoms with Gasteiger partial charge in [0.2, 0.25) is 0 Å². The van der Waals surface area contributed by atoms with Gasteiger partial charge >= 0.3 is 0 Å². The molecular weight excluding hydrogens is 160 g/mol. The molecule has 0 amide bonds. The molecule has 1 heterocycles. The summed E-state index contributed by atoms with van der Waals surface area (Å²) < 4.78 is 0. The Kier molecular flexibility index (Phi) is 2.91. The molecule has 1 aromatic rings. The van der Waals surface area contributed by atoms with Crippen molar-refractivity contribution in [3.05, 3.63) is 24.0 Å². The molecule has 0 aliphatic rings. The maximum atomic E-state index is 5.55. The molecule has 0 saturated heterocycles. The minimum Gasteiger partial charge on any atom is -0.397 e.